The smallest absolute Gasteiger partial charge is 0.191 e. The summed E-state index contributed by atoms with van der Waals surface area (Å²) in [6.07, 6.45) is -2.36. The van der Waals surface area contributed by atoms with E-state index in [4.69, 9.17) is 0 Å². The molecule has 0 aromatic carbocycles. The number of allylic oxidation sites excluding steroid dienone is 1. The van der Waals surface area contributed by atoms with Gasteiger partial charge in [-0.3, -0.25) is 0 Å². The Morgan fingerprint density at radius 2 is 1.75 bits per heavy atom. The van der Waals surface area contributed by atoms with E-state index in [1.54, 1.807) is 5.92 Å². The van der Waals surface area contributed by atoms with Crippen molar-refractivity contribution >= 4 is 0 Å². The van der Waals surface area contributed by atoms with Gasteiger partial charge in [-0.05, 0) is 12.8 Å². The third kappa shape index (κ3) is 2.30. The van der Waals surface area contributed by atoms with Crippen molar-refractivity contribution in [3.63, 3.8) is 0 Å². The summed E-state index contributed by atoms with van der Waals surface area (Å²) in [5.41, 5.74) is 0. The fourth-order valence-corrected chi connectivity index (χ4v) is 0.157. The summed E-state index contributed by atoms with van der Waals surface area (Å²) in [7, 11) is 0. The molecule has 0 N–H and O–H groups in total. The van der Waals surface area contributed by atoms with Crippen LogP contribution in [0.15, 0.2) is 11.9 Å². The summed E-state index contributed by atoms with van der Waals surface area (Å²) < 4.78 is 33.5. The molecule has 0 aromatic heterocycles. The van der Waals surface area contributed by atoms with Gasteiger partial charge in [-0.25, -0.2) is 0 Å². The van der Waals surface area contributed by atoms with Crippen molar-refractivity contribution in [3.05, 3.63) is 11.9 Å². The van der Waals surface area contributed by atoms with Gasteiger partial charge in [0.25, 0.3) is 0 Å². The average molecular weight is 120 g/mol. The number of hydrogen-bond donors (Lipinski definition) is 0. The van der Waals surface area contributed by atoms with Crippen molar-refractivity contribution < 1.29 is 13.2 Å². The lowest BCUT2D eigenvalue weighted by atomic mass is 10.5. The van der Waals surface area contributed by atoms with Crippen molar-refractivity contribution in [1.82, 2.24) is 0 Å². The molecule has 0 bridgehead atoms. The van der Waals surface area contributed by atoms with Gasteiger partial charge in [-0.15, -0.1) is 0 Å². The Hall–Kier alpha value is -0.910. The van der Waals surface area contributed by atoms with Crippen LogP contribution in [0, 0.1) is 11.8 Å². The van der Waals surface area contributed by atoms with Crippen LogP contribution in [0.25, 0.3) is 0 Å². The van der Waals surface area contributed by atoms with Gasteiger partial charge in [-0.2, -0.15) is 13.2 Å². The monoisotopic (exact) mass is 120 g/mol. The molecule has 0 saturated heterocycles. The van der Waals surface area contributed by atoms with Crippen molar-refractivity contribution in [2.24, 2.45) is 0 Å². The number of rotatable bonds is 0. The van der Waals surface area contributed by atoms with Crippen LogP contribution in [-0.4, -0.2) is 0 Å². The fraction of sp³-hybridized carbons (Fsp3) is 0.200. The summed E-state index contributed by atoms with van der Waals surface area (Å²) >= 11 is 0. The van der Waals surface area contributed by atoms with E-state index < -0.39 is 11.9 Å². The molecule has 0 heterocycles. The predicted molar refractivity (Wildman–Crippen MR) is 23.8 cm³/mol. The zero-order valence-electron chi connectivity index (χ0n) is 4.13. The largest absolute Gasteiger partial charge is 0.314 e. The standard InChI is InChI=1S/C5H3F3/c1-2-3-4(6)5(7)8/h1H3. The van der Waals surface area contributed by atoms with Gasteiger partial charge in [0.05, 0.1) is 0 Å². The Labute approximate surface area is 45.0 Å². The van der Waals surface area contributed by atoms with Gasteiger partial charge >= 0.3 is 6.08 Å². The molecule has 0 nitrogen and oxygen atoms in total. The molecule has 0 spiro atoms. The molecule has 0 amide bonds. The highest BCUT2D eigenvalue weighted by Gasteiger charge is 1.97. The fourth-order valence-electron chi connectivity index (χ4n) is 0.157. The lowest BCUT2D eigenvalue weighted by Gasteiger charge is -1.75. The summed E-state index contributed by atoms with van der Waals surface area (Å²) in [5.74, 6) is 1.90. The maximum Gasteiger partial charge on any atom is 0.314 e. The molecule has 0 aliphatic heterocycles. The van der Waals surface area contributed by atoms with Gasteiger partial charge in [0.1, 0.15) is 0 Å². The average Bonchev–Trinajstić information content (AvgIpc) is 1.67. The molecule has 0 rings (SSSR count). The van der Waals surface area contributed by atoms with Gasteiger partial charge in [-0.1, -0.05) is 5.92 Å². The normalized spacial score (nSPS) is 7.00. The third-order valence-electron chi connectivity index (χ3n) is 0.401. The van der Waals surface area contributed by atoms with Crippen molar-refractivity contribution in [2.45, 2.75) is 6.92 Å². The Kier molecular flexibility index (Phi) is 2.78. The van der Waals surface area contributed by atoms with E-state index in [1.807, 2.05) is 5.92 Å². The van der Waals surface area contributed by atoms with Crippen LogP contribution in [0.4, 0.5) is 13.2 Å². The summed E-state index contributed by atoms with van der Waals surface area (Å²) in [4.78, 5) is 0. The van der Waals surface area contributed by atoms with Crippen molar-refractivity contribution in [1.29, 1.82) is 0 Å². The molecule has 3 heteroatoms. The second kappa shape index (κ2) is 3.14. The van der Waals surface area contributed by atoms with Crippen LogP contribution in [0.2, 0.25) is 0 Å². The molecule has 0 unspecified atom stereocenters. The Morgan fingerprint density at radius 3 is 1.88 bits per heavy atom. The minimum absolute atomic E-state index is 1.28. The third-order valence-corrected chi connectivity index (χ3v) is 0.401. The Bertz CT molecular complexity index is 154. The van der Waals surface area contributed by atoms with E-state index in [0.29, 0.717) is 0 Å². The van der Waals surface area contributed by atoms with Crippen LogP contribution >= 0.6 is 0 Å². The number of halogens is 3. The first-order valence-corrected chi connectivity index (χ1v) is 1.82. The molecule has 0 saturated carbocycles. The minimum Gasteiger partial charge on any atom is -0.191 e. The first kappa shape index (κ1) is 7.09. The summed E-state index contributed by atoms with van der Waals surface area (Å²) in [6, 6.07) is 0. The second-order valence-electron chi connectivity index (χ2n) is 0.949. The predicted octanol–water partition coefficient (Wildman–Crippen LogP) is 2.09. The van der Waals surface area contributed by atoms with E-state index in [1.165, 1.54) is 6.92 Å². The highest BCUT2D eigenvalue weighted by Crippen LogP contribution is 2.06. The number of hydrogen-bond acceptors (Lipinski definition) is 0. The molecule has 0 aliphatic carbocycles. The molecular weight excluding hydrogens is 117 g/mol. The second-order valence-corrected chi connectivity index (χ2v) is 0.949. The Balaban J connectivity index is 4.16. The topological polar surface area (TPSA) is 0 Å². The highest BCUT2D eigenvalue weighted by atomic mass is 19.3. The molecule has 44 valence electrons. The Morgan fingerprint density at radius 1 is 1.25 bits per heavy atom. The lowest BCUT2D eigenvalue weighted by Crippen LogP contribution is -1.65. The zero-order valence-corrected chi connectivity index (χ0v) is 4.13. The van der Waals surface area contributed by atoms with E-state index in [2.05, 4.69) is 0 Å². The van der Waals surface area contributed by atoms with Gasteiger partial charge in [0, 0.05) is 0 Å². The van der Waals surface area contributed by atoms with E-state index in [9.17, 15) is 13.2 Å². The molecule has 0 atom stereocenters. The minimum atomic E-state index is -2.36. The molecular formula is C5H3F3. The zero-order chi connectivity index (χ0) is 6.57. The van der Waals surface area contributed by atoms with Gasteiger partial charge < -0.3 is 0 Å². The van der Waals surface area contributed by atoms with Crippen LogP contribution in [0.1, 0.15) is 6.92 Å². The van der Waals surface area contributed by atoms with Crippen LogP contribution in [0.3, 0.4) is 0 Å². The summed E-state index contributed by atoms with van der Waals surface area (Å²) in [6.45, 7) is 1.28. The van der Waals surface area contributed by atoms with Gasteiger partial charge in [0.2, 0.25) is 5.83 Å². The quantitative estimate of drug-likeness (QED) is 0.429. The van der Waals surface area contributed by atoms with Crippen molar-refractivity contribution in [2.75, 3.05) is 0 Å². The SMILES string of the molecule is CC#CC(F)=C(F)F. The summed E-state index contributed by atoms with van der Waals surface area (Å²) in [5, 5.41) is 0. The van der Waals surface area contributed by atoms with E-state index >= 15 is 0 Å². The van der Waals surface area contributed by atoms with Crippen LogP contribution in [0.5, 0.6) is 0 Å². The highest BCUT2D eigenvalue weighted by molar-refractivity contribution is 5.21. The molecule has 0 fully saturated rings. The van der Waals surface area contributed by atoms with E-state index in [-0.39, 0.29) is 0 Å². The molecule has 8 heavy (non-hydrogen) atoms. The maximum absolute atomic E-state index is 11.5. The van der Waals surface area contributed by atoms with Crippen LogP contribution < -0.4 is 0 Å². The lowest BCUT2D eigenvalue weighted by molar-refractivity contribution is 0.389. The first-order chi connectivity index (χ1) is 3.68. The van der Waals surface area contributed by atoms with Gasteiger partial charge in [0.15, 0.2) is 0 Å². The van der Waals surface area contributed by atoms with Crippen molar-refractivity contribution in [3.8, 4) is 11.8 Å². The van der Waals surface area contributed by atoms with E-state index in [0.717, 1.165) is 0 Å². The maximum atomic E-state index is 11.5. The molecule has 0 radical (unpaired) electrons. The van der Waals surface area contributed by atoms with Crippen LogP contribution in [-0.2, 0) is 0 Å². The molecule has 0 aromatic rings. The molecule has 0 aliphatic rings. The first-order valence-electron chi connectivity index (χ1n) is 1.82.